The van der Waals surface area contributed by atoms with Gasteiger partial charge >= 0.3 is 5.91 Å². The van der Waals surface area contributed by atoms with Gasteiger partial charge in [-0.15, -0.1) is 10.2 Å². The number of fused-ring (bicyclic) bond motifs is 2. The van der Waals surface area contributed by atoms with Crippen LogP contribution in [-0.2, 0) is 0 Å². The Morgan fingerprint density at radius 1 is 0.976 bits per heavy atom. The van der Waals surface area contributed by atoms with Crippen molar-refractivity contribution in [2.75, 3.05) is 26.4 Å². The summed E-state index contributed by atoms with van der Waals surface area (Å²) >= 11 is 0. The second-order valence-corrected chi connectivity index (χ2v) is 8.78. The molecule has 1 amide bonds. The molecule has 5 N–H and O–H groups in total. The number of hydrogen-bond donors (Lipinski definition) is 5. The van der Waals surface area contributed by atoms with Gasteiger partial charge in [0.05, 0.1) is 12.0 Å². The van der Waals surface area contributed by atoms with Crippen LogP contribution in [0.3, 0.4) is 0 Å². The highest BCUT2D eigenvalue weighted by molar-refractivity contribution is 5.93. The number of aromatic nitrogens is 4. The van der Waals surface area contributed by atoms with Crippen LogP contribution in [0.2, 0.25) is 0 Å². The first-order valence-corrected chi connectivity index (χ1v) is 12.4. The van der Waals surface area contributed by atoms with Crippen LogP contribution in [0.15, 0.2) is 60.9 Å². The summed E-state index contributed by atoms with van der Waals surface area (Å²) in [7, 11) is 0. The molecule has 3 heterocycles. The molecule has 218 valence electrons. The van der Waals surface area contributed by atoms with E-state index in [1.807, 2.05) is 0 Å². The zero-order valence-electron chi connectivity index (χ0n) is 21.6. The van der Waals surface area contributed by atoms with Crippen LogP contribution in [-0.4, -0.2) is 74.5 Å². The summed E-state index contributed by atoms with van der Waals surface area (Å²) in [6.45, 7) is -0.526. The maximum absolute atomic E-state index is 12.7. The number of carbonyl (C=O) groups excluding carboxylic acids is 1. The van der Waals surface area contributed by atoms with Gasteiger partial charge in [0.15, 0.2) is 22.4 Å². The second-order valence-electron chi connectivity index (χ2n) is 8.78. The molecule has 1 unspecified atom stereocenters. The summed E-state index contributed by atoms with van der Waals surface area (Å²) in [4.78, 5) is 36.9. The maximum atomic E-state index is 12.7. The lowest BCUT2D eigenvalue weighted by Crippen LogP contribution is -2.25. The van der Waals surface area contributed by atoms with Gasteiger partial charge in [-0.2, -0.15) is 5.21 Å². The minimum Gasteiger partial charge on any atom is -0.492 e. The van der Waals surface area contributed by atoms with E-state index in [0.717, 1.165) is 6.07 Å². The molecule has 3 aromatic heterocycles. The largest absolute Gasteiger partial charge is 0.492 e. The second kappa shape index (κ2) is 12.5. The Kier molecular flexibility index (Phi) is 8.37. The van der Waals surface area contributed by atoms with Gasteiger partial charge in [0.1, 0.15) is 53.1 Å². The molecule has 42 heavy (non-hydrogen) atoms. The number of aliphatic hydroxyl groups excluding tert-OH is 2. The van der Waals surface area contributed by atoms with E-state index in [1.54, 1.807) is 6.07 Å². The fourth-order valence-electron chi connectivity index (χ4n) is 3.87. The van der Waals surface area contributed by atoms with Crippen LogP contribution in [0.1, 0.15) is 17.0 Å². The quantitative estimate of drug-likeness (QED) is 0.0778. The van der Waals surface area contributed by atoms with E-state index in [0.29, 0.717) is 11.1 Å². The third-order valence-corrected chi connectivity index (χ3v) is 5.80. The van der Waals surface area contributed by atoms with Crippen molar-refractivity contribution in [2.45, 2.75) is 12.5 Å². The van der Waals surface area contributed by atoms with E-state index in [9.17, 15) is 19.5 Å². The Morgan fingerprint density at radius 2 is 1.76 bits per heavy atom. The van der Waals surface area contributed by atoms with Gasteiger partial charge in [-0.3, -0.25) is 19.6 Å². The van der Waals surface area contributed by atoms with E-state index in [-0.39, 0.29) is 77.9 Å². The monoisotopic (exact) mass is 581 g/mol. The molecule has 5 rings (SSSR count). The van der Waals surface area contributed by atoms with E-state index in [1.165, 1.54) is 35.8 Å². The van der Waals surface area contributed by atoms with Crippen LogP contribution >= 0.6 is 0 Å². The fraction of sp³-hybridized carbons (Fsp3) is 0.231. The summed E-state index contributed by atoms with van der Waals surface area (Å²) in [6.07, 6.45) is -0.846. The van der Waals surface area contributed by atoms with Crippen molar-refractivity contribution in [3.05, 3.63) is 68.7 Å². The standard InChI is InChI=1S/C26H23N5O11/c32-4-1-5-38-20-7-15(8-21-24(20)18(35)10-23(42-21)26(36)29-37)40-12-13(33)11-39-14-2-3-16-17(34)9-22(41-19(16)6-14)25-27-30-31-28-25/h2-3,6-10,13,32-33,37H,1,4-5,11-12H2,(H,29,36)(H,27,28,30,31). The highest BCUT2D eigenvalue weighted by Gasteiger charge is 2.18. The fourth-order valence-corrected chi connectivity index (χ4v) is 3.87. The Labute approximate surface area is 234 Å². The molecule has 5 aromatic rings. The molecule has 0 spiro atoms. The van der Waals surface area contributed by atoms with Crippen molar-refractivity contribution < 1.29 is 43.3 Å². The van der Waals surface area contributed by atoms with Crippen LogP contribution in [0.25, 0.3) is 33.5 Å². The van der Waals surface area contributed by atoms with Crippen molar-refractivity contribution in [2.24, 2.45) is 0 Å². The molecular weight excluding hydrogens is 558 g/mol. The SMILES string of the molecule is O=C(NO)c1cc(=O)c2c(OCCCO)cc(OCC(O)COc3ccc4c(=O)cc(-c5nn[nH]n5)oc4c3)cc2o1. The number of ether oxygens (including phenoxy) is 3. The molecule has 0 fully saturated rings. The summed E-state index contributed by atoms with van der Waals surface area (Å²) in [5, 5.41) is 42.1. The zero-order valence-corrected chi connectivity index (χ0v) is 21.6. The average molecular weight is 581 g/mol. The minimum atomic E-state index is -1.13. The van der Waals surface area contributed by atoms with Crippen molar-refractivity contribution in [3.8, 4) is 28.8 Å². The third kappa shape index (κ3) is 6.20. The highest BCUT2D eigenvalue weighted by atomic mass is 16.5. The van der Waals surface area contributed by atoms with Crippen LogP contribution in [0.4, 0.5) is 0 Å². The van der Waals surface area contributed by atoms with E-state index < -0.39 is 23.2 Å². The number of tetrazole rings is 1. The average Bonchev–Trinajstić information content (AvgIpc) is 3.53. The maximum Gasteiger partial charge on any atom is 0.310 e. The molecule has 0 aliphatic rings. The summed E-state index contributed by atoms with van der Waals surface area (Å²) in [5.41, 5.74) is 0.619. The van der Waals surface area contributed by atoms with Gasteiger partial charge in [-0.25, -0.2) is 5.48 Å². The Morgan fingerprint density at radius 3 is 2.50 bits per heavy atom. The summed E-state index contributed by atoms with van der Waals surface area (Å²) in [5.74, 6) is -0.752. The normalized spacial score (nSPS) is 11.9. The molecule has 0 saturated heterocycles. The number of H-pyrrole nitrogens is 1. The molecule has 0 aliphatic heterocycles. The number of rotatable bonds is 12. The topological polar surface area (TPSA) is 232 Å². The molecule has 0 bridgehead atoms. The lowest BCUT2D eigenvalue weighted by atomic mass is 10.2. The van der Waals surface area contributed by atoms with Crippen LogP contribution in [0.5, 0.6) is 17.2 Å². The lowest BCUT2D eigenvalue weighted by molar-refractivity contribution is 0.0625. The minimum absolute atomic E-state index is 0.0177. The predicted octanol–water partition coefficient (Wildman–Crippen LogP) is 0.778. The molecule has 1 atom stereocenters. The highest BCUT2D eigenvalue weighted by Crippen LogP contribution is 2.30. The summed E-state index contributed by atoms with van der Waals surface area (Å²) in [6, 6.07) is 9.42. The number of aromatic amines is 1. The van der Waals surface area contributed by atoms with Gasteiger partial charge in [0.2, 0.25) is 5.82 Å². The molecule has 2 aromatic carbocycles. The molecule has 16 heteroatoms. The van der Waals surface area contributed by atoms with Crippen LogP contribution < -0.4 is 30.5 Å². The van der Waals surface area contributed by atoms with Gasteiger partial charge in [-0.05, 0) is 17.3 Å². The van der Waals surface area contributed by atoms with Gasteiger partial charge < -0.3 is 33.3 Å². The van der Waals surface area contributed by atoms with Crippen molar-refractivity contribution >= 4 is 27.8 Å². The Balaban J connectivity index is 1.30. The summed E-state index contributed by atoms with van der Waals surface area (Å²) < 4.78 is 28.1. The number of hydrogen-bond acceptors (Lipinski definition) is 14. The number of nitrogens with one attached hydrogen (secondary N) is 2. The van der Waals surface area contributed by atoms with E-state index in [2.05, 4.69) is 20.6 Å². The first kappa shape index (κ1) is 28.2. The number of hydroxylamine groups is 1. The molecular formula is C26H23N5O11. The first-order valence-electron chi connectivity index (χ1n) is 12.4. The van der Waals surface area contributed by atoms with Crippen molar-refractivity contribution in [3.63, 3.8) is 0 Å². The zero-order chi connectivity index (χ0) is 29.6. The lowest BCUT2D eigenvalue weighted by Gasteiger charge is -2.15. The number of benzene rings is 2. The van der Waals surface area contributed by atoms with Crippen molar-refractivity contribution in [1.82, 2.24) is 26.1 Å². The number of carbonyl (C=O) groups is 1. The molecule has 0 saturated carbocycles. The number of amides is 1. The number of nitrogens with zero attached hydrogens (tertiary/aromatic N) is 3. The van der Waals surface area contributed by atoms with Gasteiger partial charge in [0.25, 0.3) is 0 Å². The van der Waals surface area contributed by atoms with Gasteiger partial charge in [0, 0.05) is 43.4 Å². The smallest absolute Gasteiger partial charge is 0.310 e. The number of aliphatic hydroxyl groups is 2. The third-order valence-electron chi connectivity index (χ3n) is 5.80. The molecule has 0 aliphatic carbocycles. The van der Waals surface area contributed by atoms with Crippen LogP contribution in [0, 0.1) is 0 Å². The van der Waals surface area contributed by atoms with Gasteiger partial charge in [-0.1, -0.05) is 0 Å². The van der Waals surface area contributed by atoms with E-state index in [4.69, 9.17) is 33.4 Å². The predicted molar refractivity (Wildman–Crippen MR) is 142 cm³/mol. The molecule has 0 radical (unpaired) electrons. The first-order chi connectivity index (χ1) is 20.4. The van der Waals surface area contributed by atoms with E-state index >= 15 is 0 Å². The Hall–Kier alpha value is -5.32. The Bertz CT molecular complexity index is 1840. The van der Waals surface area contributed by atoms with Crippen molar-refractivity contribution in [1.29, 1.82) is 0 Å². The molecule has 16 nitrogen and oxygen atoms in total.